The Labute approximate surface area is 142 Å². The zero-order valence-electron chi connectivity index (χ0n) is 15.0. The quantitative estimate of drug-likeness (QED) is 0.684. The highest BCUT2D eigenvalue weighted by atomic mass is 32.1. The summed E-state index contributed by atoms with van der Waals surface area (Å²) in [6.07, 6.45) is 3.21. The maximum absolute atomic E-state index is 5.51. The summed E-state index contributed by atoms with van der Waals surface area (Å²) >= 11 is 5.51. The van der Waals surface area contributed by atoms with E-state index >= 15 is 0 Å². The molecular formula is C19H32N2S. The summed E-state index contributed by atoms with van der Waals surface area (Å²) in [7, 11) is 0. The van der Waals surface area contributed by atoms with Gasteiger partial charge >= 0.3 is 0 Å². The number of hydrogen-bond donors (Lipinski definition) is 2. The van der Waals surface area contributed by atoms with Crippen LogP contribution >= 0.6 is 12.2 Å². The van der Waals surface area contributed by atoms with E-state index in [-0.39, 0.29) is 0 Å². The highest BCUT2D eigenvalue weighted by Gasteiger charge is 2.13. The first kappa shape index (κ1) is 19.0. The number of rotatable bonds is 7. The summed E-state index contributed by atoms with van der Waals surface area (Å²) in [4.78, 5) is 0. The minimum atomic E-state index is 0.661. The molecule has 0 amide bonds. The third-order valence-corrected chi connectivity index (χ3v) is 4.68. The molecule has 0 radical (unpaired) electrons. The Balaban J connectivity index is 2.79. The first-order chi connectivity index (χ1) is 10.4. The molecule has 0 fully saturated rings. The normalized spacial score (nSPS) is 12.3. The first-order valence-electron chi connectivity index (χ1n) is 8.60. The number of anilines is 1. The second kappa shape index (κ2) is 9.14. The van der Waals surface area contributed by atoms with Gasteiger partial charge in [-0.25, -0.2) is 0 Å². The molecule has 1 rings (SSSR count). The van der Waals surface area contributed by atoms with Gasteiger partial charge in [-0.05, 0) is 54.9 Å². The highest BCUT2D eigenvalue weighted by molar-refractivity contribution is 7.80. The summed E-state index contributed by atoms with van der Waals surface area (Å²) in [5.41, 5.74) is 5.21. The number of benzene rings is 1. The fraction of sp³-hybridized carbons (Fsp3) is 0.632. The van der Waals surface area contributed by atoms with Crippen LogP contribution in [0.2, 0.25) is 0 Å². The summed E-state index contributed by atoms with van der Waals surface area (Å²) < 4.78 is 0. The minimum Gasteiger partial charge on any atom is -0.362 e. The van der Waals surface area contributed by atoms with Gasteiger partial charge in [0.25, 0.3) is 0 Å². The van der Waals surface area contributed by atoms with E-state index < -0.39 is 0 Å². The van der Waals surface area contributed by atoms with Crippen LogP contribution in [0.5, 0.6) is 0 Å². The Morgan fingerprint density at radius 3 is 2.05 bits per heavy atom. The molecule has 1 unspecified atom stereocenters. The van der Waals surface area contributed by atoms with Crippen molar-refractivity contribution in [1.29, 1.82) is 0 Å². The number of aryl methyl sites for hydroxylation is 3. The molecule has 0 aliphatic rings. The van der Waals surface area contributed by atoms with E-state index in [2.05, 4.69) is 64.3 Å². The van der Waals surface area contributed by atoms with Gasteiger partial charge in [0.2, 0.25) is 0 Å². The van der Waals surface area contributed by atoms with Gasteiger partial charge in [-0.2, -0.15) is 0 Å². The SMILES string of the molecule is CCc1cc(C)cc(CC)c1NC(=S)NCC(CC)C(C)C. The molecule has 1 atom stereocenters. The van der Waals surface area contributed by atoms with Gasteiger partial charge in [-0.1, -0.05) is 58.7 Å². The average Bonchev–Trinajstić information content (AvgIpc) is 2.48. The number of nitrogens with one attached hydrogen (secondary N) is 2. The summed E-state index contributed by atoms with van der Waals surface area (Å²) in [5, 5.41) is 7.59. The summed E-state index contributed by atoms with van der Waals surface area (Å²) in [6.45, 7) is 14.3. The van der Waals surface area contributed by atoms with Crippen molar-refractivity contribution in [3.05, 3.63) is 28.8 Å². The Bertz CT molecular complexity index is 469. The van der Waals surface area contributed by atoms with Crippen molar-refractivity contribution in [2.24, 2.45) is 11.8 Å². The van der Waals surface area contributed by atoms with E-state index in [9.17, 15) is 0 Å². The molecule has 0 saturated heterocycles. The van der Waals surface area contributed by atoms with E-state index in [1.54, 1.807) is 0 Å². The molecule has 0 aliphatic heterocycles. The van der Waals surface area contributed by atoms with Crippen LogP contribution in [0.4, 0.5) is 5.69 Å². The average molecular weight is 321 g/mol. The molecule has 0 heterocycles. The molecular weight excluding hydrogens is 288 g/mol. The Morgan fingerprint density at radius 2 is 1.64 bits per heavy atom. The van der Waals surface area contributed by atoms with Crippen molar-refractivity contribution >= 4 is 23.0 Å². The van der Waals surface area contributed by atoms with Crippen LogP contribution in [-0.4, -0.2) is 11.7 Å². The van der Waals surface area contributed by atoms with Crippen LogP contribution in [0.3, 0.4) is 0 Å². The van der Waals surface area contributed by atoms with E-state index in [1.807, 2.05) is 0 Å². The van der Waals surface area contributed by atoms with Crippen LogP contribution in [0.15, 0.2) is 12.1 Å². The fourth-order valence-corrected chi connectivity index (χ4v) is 3.08. The standard InChI is InChI=1S/C19H32N2S/c1-7-15-10-14(6)11-16(8-2)18(15)21-19(22)20-12-17(9-3)13(4)5/h10-11,13,17H,7-9,12H2,1-6H3,(H2,20,21,22). The lowest BCUT2D eigenvalue weighted by atomic mass is 9.93. The Kier molecular flexibility index (Phi) is 7.88. The maximum atomic E-state index is 5.51. The van der Waals surface area contributed by atoms with Crippen molar-refractivity contribution in [2.45, 2.75) is 60.8 Å². The number of hydrogen-bond acceptors (Lipinski definition) is 1. The van der Waals surface area contributed by atoms with Gasteiger partial charge in [0.15, 0.2) is 5.11 Å². The summed E-state index contributed by atoms with van der Waals surface area (Å²) in [5.74, 6) is 1.34. The second-order valence-corrected chi connectivity index (χ2v) is 6.82. The molecule has 2 nitrogen and oxygen atoms in total. The molecule has 0 aromatic heterocycles. The van der Waals surface area contributed by atoms with Gasteiger partial charge in [0.05, 0.1) is 0 Å². The predicted molar refractivity (Wildman–Crippen MR) is 103 cm³/mol. The van der Waals surface area contributed by atoms with Crippen molar-refractivity contribution < 1.29 is 0 Å². The lowest BCUT2D eigenvalue weighted by molar-refractivity contribution is 0.371. The molecule has 0 bridgehead atoms. The predicted octanol–water partition coefficient (Wildman–Crippen LogP) is 5.09. The molecule has 0 saturated carbocycles. The lowest BCUT2D eigenvalue weighted by Crippen LogP contribution is -2.34. The smallest absolute Gasteiger partial charge is 0.170 e. The topological polar surface area (TPSA) is 24.1 Å². The Morgan fingerprint density at radius 1 is 1.09 bits per heavy atom. The molecule has 0 aliphatic carbocycles. The largest absolute Gasteiger partial charge is 0.362 e. The molecule has 3 heteroatoms. The van der Waals surface area contributed by atoms with Crippen molar-refractivity contribution in [3.63, 3.8) is 0 Å². The molecule has 1 aromatic carbocycles. The van der Waals surface area contributed by atoms with E-state index in [0.717, 1.165) is 24.5 Å². The van der Waals surface area contributed by atoms with Crippen molar-refractivity contribution in [2.75, 3.05) is 11.9 Å². The Hall–Kier alpha value is -1.09. The fourth-order valence-electron chi connectivity index (χ4n) is 2.89. The molecule has 124 valence electrons. The van der Waals surface area contributed by atoms with Crippen molar-refractivity contribution in [1.82, 2.24) is 5.32 Å². The monoisotopic (exact) mass is 320 g/mol. The second-order valence-electron chi connectivity index (χ2n) is 6.41. The van der Waals surface area contributed by atoms with Gasteiger partial charge in [0, 0.05) is 12.2 Å². The molecule has 22 heavy (non-hydrogen) atoms. The maximum Gasteiger partial charge on any atom is 0.170 e. The molecule has 2 N–H and O–H groups in total. The lowest BCUT2D eigenvalue weighted by Gasteiger charge is -2.22. The van der Waals surface area contributed by atoms with Crippen molar-refractivity contribution in [3.8, 4) is 0 Å². The van der Waals surface area contributed by atoms with E-state index in [0.29, 0.717) is 11.8 Å². The summed E-state index contributed by atoms with van der Waals surface area (Å²) in [6, 6.07) is 4.51. The van der Waals surface area contributed by atoms with Crippen LogP contribution in [0.25, 0.3) is 0 Å². The van der Waals surface area contributed by atoms with E-state index in [4.69, 9.17) is 12.2 Å². The third kappa shape index (κ3) is 5.28. The van der Waals surface area contributed by atoms with Crippen LogP contribution in [-0.2, 0) is 12.8 Å². The third-order valence-electron chi connectivity index (χ3n) is 4.44. The van der Waals surface area contributed by atoms with Crippen LogP contribution in [0, 0.1) is 18.8 Å². The zero-order valence-corrected chi connectivity index (χ0v) is 15.9. The van der Waals surface area contributed by atoms with Gasteiger partial charge in [-0.15, -0.1) is 0 Å². The van der Waals surface area contributed by atoms with Gasteiger partial charge < -0.3 is 10.6 Å². The highest BCUT2D eigenvalue weighted by Crippen LogP contribution is 2.24. The van der Waals surface area contributed by atoms with Crippen LogP contribution < -0.4 is 10.6 Å². The van der Waals surface area contributed by atoms with Gasteiger partial charge in [-0.3, -0.25) is 0 Å². The van der Waals surface area contributed by atoms with Crippen LogP contribution in [0.1, 0.15) is 57.7 Å². The van der Waals surface area contributed by atoms with Gasteiger partial charge in [0.1, 0.15) is 0 Å². The zero-order chi connectivity index (χ0) is 16.7. The van der Waals surface area contributed by atoms with E-state index in [1.165, 1.54) is 28.8 Å². The molecule has 1 aromatic rings. The number of thiocarbonyl (C=S) groups is 1. The minimum absolute atomic E-state index is 0.661. The molecule has 0 spiro atoms. The first-order valence-corrected chi connectivity index (χ1v) is 9.00.